The lowest BCUT2D eigenvalue weighted by Gasteiger charge is -2.06. The zero-order valence-corrected chi connectivity index (χ0v) is 11.2. The van der Waals surface area contributed by atoms with Gasteiger partial charge in [-0.2, -0.15) is 0 Å². The van der Waals surface area contributed by atoms with Crippen molar-refractivity contribution < 1.29 is 9.59 Å². The fourth-order valence-corrected chi connectivity index (χ4v) is 1.80. The molecule has 1 aromatic heterocycles. The Bertz CT molecular complexity index is 475. The molecule has 0 spiro atoms. The van der Waals surface area contributed by atoms with Crippen LogP contribution in [0.5, 0.6) is 0 Å². The minimum atomic E-state index is -0.202. The van der Waals surface area contributed by atoms with Gasteiger partial charge in [0.1, 0.15) is 5.15 Å². The molecule has 1 aromatic rings. The molecule has 0 radical (unpaired) electrons. The molecule has 0 saturated heterocycles. The van der Waals surface area contributed by atoms with Crippen LogP contribution in [-0.4, -0.2) is 29.4 Å². The summed E-state index contributed by atoms with van der Waals surface area (Å²) < 4.78 is 0. The molecular formula is C13H16ClN3O2. The van der Waals surface area contributed by atoms with E-state index in [-0.39, 0.29) is 17.0 Å². The van der Waals surface area contributed by atoms with E-state index in [9.17, 15) is 9.59 Å². The van der Waals surface area contributed by atoms with Crippen LogP contribution in [0, 0.1) is 0 Å². The first-order valence-corrected chi connectivity index (χ1v) is 6.72. The van der Waals surface area contributed by atoms with Crippen molar-refractivity contribution in [2.75, 3.05) is 6.54 Å². The van der Waals surface area contributed by atoms with Crippen molar-refractivity contribution in [1.82, 2.24) is 15.6 Å². The third-order valence-corrected chi connectivity index (χ3v) is 3.00. The summed E-state index contributed by atoms with van der Waals surface area (Å²) in [4.78, 5) is 26.9. The number of pyridine rings is 1. The van der Waals surface area contributed by atoms with E-state index in [0.717, 1.165) is 12.8 Å². The maximum absolute atomic E-state index is 11.7. The number of halogens is 1. The normalized spacial score (nSPS) is 13.9. The second-order valence-corrected chi connectivity index (χ2v) is 4.96. The minimum Gasteiger partial charge on any atom is -0.353 e. The molecular weight excluding hydrogens is 266 g/mol. The number of carbonyl (C=O) groups is 2. The number of amides is 2. The largest absolute Gasteiger partial charge is 0.353 e. The standard InChI is InChI=1S/C13H16ClN3O2/c14-11-8-9(5-7-15-11)13(19)16-6-1-2-12(18)17-10-3-4-10/h5,7-8,10H,1-4,6H2,(H,16,19)(H,17,18). The molecule has 0 bridgehead atoms. The molecule has 2 rings (SSSR count). The summed E-state index contributed by atoms with van der Waals surface area (Å²) in [5.41, 5.74) is 0.474. The zero-order valence-electron chi connectivity index (χ0n) is 10.5. The second-order valence-electron chi connectivity index (χ2n) is 4.57. The van der Waals surface area contributed by atoms with Crippen LogP contribution in [0.4, 0.5) is 0 Å². The molecule has 0 unspecified atom stereocenters. The predicted octanol–water partition coefficient (Wildman–Crippen LogP) is 1.52. The predicted molar refractivity (Wildman–Crippen MR) is 72.0 cm³/mol. The van der Waals surface area contributed by atoms with Gasteiger partial charge in [-0.3, -0.25) is 9.59 Å². The first-order valence-electron chi connectivity index (χ1n) is 6.34. The van der Waals surface area contributed by atoms with Crippen molar-refractivity contribution in [2.24, 2.45) is 0 Å². The van der Waals surface area contributed by atoms with Crippen LogP contribution in [0.25, 0.3) is 0 Å². The van der Waals surface area contributed by atoms with E-state index >= 15 is 0 Å². The first kappa shape index (κ1) is 13.8. The van der Waals surface area contributed by atoms with Crippen LogP contribution in [-0.2, 0) is 4.79 Å². The second kappa shape index (κ2) is 6.52. The van der Waals surface area contributed by atoms with E-state index in [1.807, 2.05) is 0 Å². The highest BCUT2D eigenvalue weighted by atomic mass is 35.5. The van der Waals surface area contributed by atoms with Crippen molar-refractivity contribution in [3.05, 3.63) is 29.0 Å². The highest BCUT2D eigenvalue weighted by Crippen LogP contribution is 2.18. The van der Waals surface area contributed by atoms with Gasteiger partial charge in [0.05, 0.1) is 0 Å². The fraction of sp³-hybridized carbons (Fsp3) is 0.462. The molecule has 6 heteroatoms. The Labute approximate surface area is 116 Å². The summed E-state index contributed by atoms with van der Waals surface area (Å²) in [5.74, 6) is -0.143. The van der Waals surface area contributed by atoms with Crippen LogP contribution in [0.2, 0.25) is 5.15 Å². The lowest BCUT2D eigenvalue weighted by atomic mass is 10.2. The van der Waals surface area contributed by atoms with Crippen molar-refractivity contribution in [3.63, 3.8) is 0 Å². The molecule has 102 valence electrons. The van der Waals surface area contributed by atoms with Crippen molar-refractivity contribution in [1.29, 1.82) is 0 Å². The monoisotopic (exact) mass is 281 g/mol. The van der Waals surface area contributed by atoms with Crippen LogP contribution < -0.4 is 10.6 Å². The summed E-state index contributed by atoms with van der Waals surface area (Å²) in [6.07, 6.45) is 4.73. The number of carbonyl (C=O) groups excluding carboxylic acids is 2. The highest BCUT2D eigenvalue weighted by Gasteiger charge is 2.22. The van der Waals surface area contributed by atoms with Gasteiger partial charge in [0, 0.05) is 30.8 Å². The number of rotatable bonds is 6. The molecule has 0 atom stereocenters. The van der Waals surface area contributed by atoms with Gasteiger partial charge in [0.2, 0.25) is 5.91 Å². The molecule has 2 amide bonds. The molecule has 5 nitrogen and oxygen atoms in total. The van der Waals surface area contributed by atoms with E-state index in [1.165, 1.54) is 12.3 Å². The maximum atomic E-state index is 11.7. The van der Waals surface area contributed by atoms with E-state index < -0.39 is 0 Å². The number of nitrogens with zero attached hydrogens (tertiary/aromatic N) is 1. The zero-order chi connectivity index (χ0) is 13.7. The summed E-state index contributed by atoms with van der Waals surface area (Å²) in [5, 5.41) is 5.94. The summed E-state index contributed by atoms with van der Waals surface area (Å²) in [6.45, 7) is 0.469. The SMILES string of the molecule is O=C(CCCNC(=O)c1ccnc(Cl)c1)NC1CC1. The van der Waals surface area contributed by atoms with Gasteiger partial charge >= 0.3 is 0 Å². The van der Waals surface area contributed by atoms with Crippen molar-refractivity contribution in [2.45, 2.75) is 31.7 Å². The summed E-state index contributed by atoms with van der Waals surface area (Å²) in [7, 11) is 0. The maximum Gasteiger partial charge on any atom is 0.251 e. The van der Waals surface area contributed by atoms with Gasteiger partial charge < -0.3 is 10.6 Å². The van der Waals surface area contributed by atoms with Gasteiger partial charge in [-0.05, 0) is 31.4 Å². The van der Waals surface area contributed by atoms with Gasteiger partial charge in [0.15, 0.2) is 0 Å². The topological polar surface area (TPSA) is 71.1 Å². The Hall–Kier alpha value is -1.62. The third-order valence-electron chi connectivity index (χ3n) is 2.80. The molecule has 2 N–H and O–H groups in total. The van der Waals surface area contributed by atoms with Crippen molar-refractivity contribution >= 4 is 23.4 Å². The quantitative estimate of drug-likeness (QED) is 0.613. The first-order chi connectivity index (χ1) is 9.15. The Balaban J connectivity index is 1.64. The fourth-order valence-electron chi connectivity index (χ4n) is 1.62. The summed E-state index contributed by atoms with van der Waals surface area (Å²) >= 11 is 5.70. The lowest BCUT2D eigenvalue weighted by Crippen LogP contribution is -2.28. The Morgan fingerprint density at radius 1 is 1.42 bits per heavy atom. The summed E-state index contributed by atoms with van der Waals surface area (Å²) in [6, 6.07) is 3.50. The van der Waals surface area contributed by atoms with Crippen LogP contribution in [0.15, 0.2) is 18.3 Å². The smallest absolute Gasteiger partial charge is 0.251 e. The number of nitrogens with one attached hydrogen (secondary N) is 2. The Morgan fingerprint density at radius 2 is 2.21 bits per heavy atom. The molecule has 1 saturated carbocycles. The van der Waals surface area contributed by atoms with E-state index in [2.05, 4.69) is 15.6 Å². The minimum absolute atomic E-state index is 0.0590. The molecule has 0 aromatic carbocycles. The molecule has 1 fully saturated rings. The number of aromatic nitrogens is 1. The van der Waals surface area contributed by atoms with Crippen LogP contribution in [0.1, 0.15) is 36.0 Å². The third kappa shape index (κ3) is 4.87. The average Bonchev–Trinajstić information content (AvgIpc) is 3.18. The average molecular weight is 282 g/mol. The molecule has 1 aliphatic rings. The highest BCUT2D eigenvalue weighted by molar-refractivity contribution is 6.29. The van der Waals surface area contributed by atoms with Gasteiger partial charge in [-0.25, -0.2) is 4.98 Å². The van der Waals surface area contributed by atoms with Crippen LogP contribution >= 0.6 is 11.6 Å². The molecule has 19 heavy (non-hydrogen) atoms. The van der Waals surface area contributed by atoms with Gasteiger partial charge in [0.25, 0.3) is 5.91 Å². The number of hydrogen-bond donors (Lipinski definition) is 2. The number of hydrogen-bond acceptors (Lipinski definition) is 3. The van der Waals surface area contributed by atoms with E-state index in [4.69, 9.17) is 11.6 Å². The van der Waals surface area contributed by atoms with Crippen molar-refractivity contribution in [3.8, 4) is 0 Å². The van der Waals surface area contributed by atoms with Gasteiger partial charge in [-0.1, -0.05) is 11.6 Å². The Kier molecular flexibility index (Phi) is 4.74. The Morgan fingerprint density at radius 3 is 2.89 bits per heavy atom. The van der Waals surface area contributed by atoms with Gasteiger partial charge in [-0.15, -0.1) is 0 Å². The molecule has 1 heterocycles. The van der Waals surface area contributed by atoms with Crippen LogP contribution in [0.3, 0.4) is 0 Å². The van der Waals surface area contributed by atoms with E-state index in [0.29, 0.717) is 31.0 Å². The molecule has 1 aliphatic carbocycles. The molecule has 0 aliphatic heterocycles. The lowest BCUT2D eigenvalue weighted by molar-refractivity contribution is -0.121. The van der Waals surface area contributed by atoms with E-state index in [1.54, 1.807) is 6.07 Å².